The Balaban J connectivity index is 1.01. The van der Waals surface area contributed by atoms with Crippen molar-refractivity contribution in [2.75, 3.05) is 38.0 Å². The Labute approximate surface area is 256 Å². The van der Waals surface area contributed by atoms with E-state index >= 15 is 0 Å². The summed E-state index contributed by atoms with van der Waals surface area (Å²) in [5.74, 6) is -0.681. The van der Waals surface area contributed by atoms with Crippen LogP contribution in [-0.2, 0) is 26.1 Å². The molecule has 44 heavy (non-hydrogen) atoms. The molecule has 1 N–H and O–H groups in total. The number of pyridine rings is 1. The number of amides is 2. The highest BCUT2D eigenvalue weighted by Gasteiger charge is 2.23. The van der Waals surface area contributed by atoms with E-state index in [2.05, 4.69) is 32.2 Å². The number of nitriles is 1. The Kier molecular flexibility index (Phi) is 8.73. The molecular weight excluding hydrogens is 555 g/mol. The van der Waals surface area contributed by atoms with Crippen molar-refractivity contribution < 1.29 is 14.0 Å². The minimum atomic E-state index is -0.330. The molecule has 1 fully saturated rings. The summed E-state index contributed by atoms with van der Waals surface area (Å²) in [5, 5.41) is 12.0. The largest absolute Gasteiger partial charge is 0.336 e. The van der Waals surface area contributed by atoms with Crippen LogP contribution in [0.2, 0.25) is 0 Å². The van der Waals surface area contributed by atoms with E-state index in [4.69, 9.17) is 5.26 Å². The Morgan fingerprint density at radius 2 is 1.52 bits per heavy atom. The number of hydrogen-bond donors (Lipinski definition) is 1. The number of aromatic nitrogens is 1. The molecule has 3 heterocycles. The third kappa shape index (κ3) is 7.00. The second-order valence-electron chi connectivity index (χ2n) is 11.3. The van der Waals surface area contributed by atoms with Crippen LogP contribution in [-0.4, -0.2) is 64.2 Å². The number of halogens is 1. The summed E-state index contributed by atoms with van der Waals surface area (Å²) in [6.45, 7) is 5.86. The van der Waals surface area contributed by atoms with Crippen molar-refractivity contribution in [3.05, 3.63) is 130 Å². The number of rotatable bonds is 7. The van der Waals surface area contributed by atoms with Gasteiger partial charge in [-0.25, -0.2) is 4.39 Å². The minimum Gasteiger partial charge on any atom is -0.336 e. The molecule has 0 unspecified atom stereocenters. The first-order chi connectivity index (χ1) is 21.4. The van der Waals surface area contributed by atoms with Crippen LogP contribution >= 0.6 is 0 Å². The lowest BCUT2D eigenvalue weighted by molar-refractivity contribution is 0.0627. The molecule has 2 aliphatic heterocycles. The molecule has 1 saturated heterocycles. The fourth-order valence-electron chi connectivity index (χ4n) is 5.76. The lowest BCUT2D eigenvalue weighted by Gasteiger charge is -2.34. The first-order valence-electron chi connectivity index (χ1n) is 14.8. The number of benzene rings is 3. The molecule has 8 nitrogen and oxygen atoms in total. The predicted molar refractivity (Wildman–Crippen MR) is 165 cm³/mol. The van der Waals surface area contributed by atoms with Crippen LogP contribution in [0, 0.1) is 17.1 Å². The van der Waals surface area contributed by atoms with Crippen LogP contribution in [0.15, 0.2) is 85.1 Å². The molecule has 2 amide bonds. The van der Waals surface area contributed by atoms with E-state index in [1.165, 1.54) is 29.5 Å². The van der Waals surface area contributed by atoms with Gasteiger partial charge in [0.15, 0.2) is 0 Å². The molecular formula is C35H33FN6O2. The first-order valence-corrected chi connectivity index (χ1v) is 14.8. The van der Waals surface area contributed by atoms with Crippen LogP contribution < -0.4 is 5.32 Å². The normalized spacial score (nSPS) is 15.3. The number of carbonyl (C=O) groups excluding carboxylic acids is 2. The Morgan fingerprint density at radius 3 is 2.20 bits per heavy atom. The van der Waals surface area contributed by atoms with Gasteiger partial charge in [0.2, 0.25) is 0 Å². The molecule has 1 aromatic heterocycles. The lowest BCUT2D eigenvalue weighted by atomic mass is 9.98. The van der Waals surface area contributed by atoms with Gasteiger partial charge in [0.05, 0.1) is 17.2 Å². The maximum atomic E-state index is 13.2. The van der Waals surface area contributed by atoms with Gasteiger partial charge in [0.25, 0.3) is 11.8 Å². The van der Waals surface area contributed by atoms with E-state index < -0.39 is 0 Å². The number of carbonyl (C=O) groups is 2. The maximum absolute atomic E-state index is 13.2. The van der Waals surface area contributed by atoms with Gasteiger partial charge in [-0.15, -0.1) is 0 Å². The predicted octanol–water partition coefficient (Wildman–Crippen LogP) is 4.86. The third-order valence-corrected chi connectivity index (χ3v) is 8.27. The Hall–Kier alpha value is -4.91. The quantitative estimate of drug-likeness (QED) is 0.332. The van der Waals surface area contributed by atoms with Gasteiger partial charge >= 0.3 is 0 Å². The molecule has 0 radical (unpaired) electrons. The summed E-state index contributed by atoms with van der Waals surface area (Å²) in [6, 6.07) is 25.6. The molecule has 2 aliphatic rings. The number of nitrogens with one attached hydrogen (secondary N) is 1. The van der Waals surface area contributed by atoms with Gasteiger partial charge in [-0.1, -0.05) is 30.3 Å². The zero-order chi connectivity index (χ0) is 30.5. The molecule has 0 spiro atoms. The number of nitrogens with zero attached hydrogens (tertiary/aromatic N) is 5. The van der Waals surface area contributed by atoms with Gasteiger partial charge in [0.1, 0.15) is 11.5 Å². The Morgan fingerprint density at radius 1 is 0.818 bits per heavy atom. The van der Waals surface area contributed by atoms with Crippen molar-refractivity contribution in [1.82, 2.24) is 19.7 Å². The van der Waals surface area contributed by atoms with E-state index in [0.29, 0.717) is 29.9 Å². The summed E-state index contributed by atoms with van der Waals surface area (Å²) in [4.78, 5) is 36.8. The van der Waals surface area contributed by atoms with E-state index in [9.17, 15) is 14.0 Å². The molecule has 0 atom stereocenters. The van der Waals surface area contributed by atoms with Gasteiger partial charge in [-0.2, -0.15) is 5.26 Å². The molecule has 3 aromatic carbocycles. The SMILES string of the molecule is N#Cc1ccc(CN2CCc3ccc(NC(=O)c4ccc(C(=O)N5CCN(Cc6ccc(F)cc6)CC5)cn4)cc3C2)cc1. The highest BCUT2D eigenvalue weighted by Crippen LogP contribution is 2.24. The highest BCUT2D eigenvalue weighted by molar-refractivity contribution is 6.03. The molecule has 222 valence electrons. The van der Waals surface area contributed by atoms with E-state index in [-0.39, 0.29) is 23.3 Å². The number of fused-ring (bicyclic) bond motifs is 1. The van der Waals surface area contributed by atoms with Crippen molar-refractivity contribution >= 4 is 17.5 Å². The van der Waals surface area contributed by atoms with Gasteiger partial charge in [-0.05, 0) is 77.2 Å². The van der Waals surface area contributed by atoms with Gasteiger partial charge < -0.3 is 10.2 Å². The topological polar surface area (TPSA) is 92.6 Å². The first kappa shape index (κ1) is 29.2. The third-order valence-electron chi connectivity index (χ3n) is 8.27. The maximum Gasteiger partial charge on any atom is 0.274 e. The van der Waals surface area contributed by atoms with Crippen molar-refractivity contribution in [2.24, 2.45) is 0 Å². The van der Waals surface area contributed by atoms with Crippen LogP contribution in [0.5, 0.6) is 0 Å². The number of hydrogen-bond acceptors (Lipinski definition) is 6. The van der Waals surface area contributed by atoms with Crippen LogP contribution in [0.3, 0.4) is 0 Å². The minimum absolute atomic E-state index is 0.105. The summed E-state index contributed by atoms with van der Waals surface area (Å²) in [6.07, 6.45) is 2.40. The van der Waals surface area contributed by atoms with Crippen molar-refractivity contribution in [3.63, 3.8) is 0 Å². The van der Waals surface area contributed by atoms with Gasteiger partial charge in [-0.3, -0.25) is 24.4 Å². The molecule has 9 heteroatoms. The fraction of sp³-hybridized carbons (Fsp3) is 0.257. The monoisotopic (exact) mass is 588 g/mol. The molecule has 0 bridgehead atoms. The van der Waals surface area contributed by atoms with E-state index in [1.807, 2.05) is 36.4 Å². The van der Waals surface area contributed by atoms with Crippen LogP contribution in [0.25, 0.3) is 0 Å². The molecule has 0 saturated carbocycles. The summed E-state index contributed by atoms with van der Waals surface area (Å²) in [5.41, 5.74) is 6.70. The lowest BCUT2D eigenvalue weighted by Crippen LogP contribution is -2.48. The van der Waals surface area contributed by atoms with E-state index in [0.717, 1.165) is 56.8 Å². The second kappa shape index (κ2) is 13.2. The Bertz CT molecular complexity index is 1670. The standard InChI is InChI=1S/C35H33FN6O2/c36-31-9-5-27(6-10-31)22-40-15-17-42(18-16-40)35(44)29-8-12-33(38-21-29)34(43)39-32-11-7-28-13-14-41(24-30(28)19-32)23-26-3-1-25(20-37)2-4-26/h1-12,19,21H,13-18,22-24H2,(H,39,43). The summed E-state index contributed by atoms with van der Waals surface area (Å²) in [7, 11) is 0. The van der Waals surface area contributed by atoms with Crippen molar-refractivity contribution in [1.29, 1.82) is 5.26 Å². The number of anilines is 1. The van der Waals surface area contributed by atoms with Crippen molar-refractivity contribution in [2.45, 2.75) is 26.1 Å². The van der Waals surface area contributed by atoms with Crippen LogP contribution in [0.4, 0.5) is 10.1 Å². The highest BCUT2D eigenvalue weighted by atomic mass is 19.1. The van der Waals surface area contributed by atoms with Gasteiger partial charge in [0, 0.05) is 64.2 Å². The average Bonchev–Trinajstić information content (AvgIpc) is 3.06. The van der Waals surface area contributed by atoms with Crippen molar-refractivity contribution in [3.8, 4) is 6.07 Å². The second-order valence-corrected chi connectivity index (χ2v) is 11.3. The average molecular weight is 589 g/mol. The fourth-order valence-corrected chi connectivity index (χ4v) is 5.76. The van der Waals surface area contributed by atoms with Crippen LogP contribution in [0.1, 0.15) is 48.7 Å². The zero-order valence-corrected chi connectivity index (χ0v) is 24.4. The van der Waals surface area contributed by atoms with E-state index in [1.54, 1.807) is 29.2 Å². The zero-order valence-electron chi connectivity index (χ0n) is 24.4. The smallest absolute Gasteiger partial charge is 0.274 e. The molecule has 4 aromatic rings. The molecule has 0 aliphatic carbocycles. The molecule has 6 rings (SSSR count). The summed E-state index contributed by atoms with van der Waals surface area (Å²) >= 11 is 0. The summed E-state index contributed by atoms with van der Waals surface area (Å²) < 4.78 is 13.2. The number of piperazine rings is 1.